The fourth-order valence-electron chi connectivity index (χ4n) is 2.55. The Kier molecular flexibility index (Phi) is 5.81. The van der Waals surface area contributed by atoms with Crippen LogP contribution in [0.5, 0.6) is 5.75 Å². The lowest BCUT2D eigenvalue weighted by Crippen LogP contribution is -2.08. The van der Waals surface area contributed by atoms with Gasteiger partial charge in [0.1, 0.15) is 29.4 Å². The van der Waals surface area contributed by atoms with Crippen molar-refractivity contribution in [1.82, 2.24) is 5.16 Å². The molecule has 27 heavy (non-hydrogen) atoms. The van der Waals surface area contributed by atoms with Gasteiger partial charge < -0.3 is 14.0 Å². The predicted molar refractivity (Wildman–Crippen MR) is 101 cm³/mol. The molecule has 0 spiro atoms. The van der Waals surface area contributed by atoms with Gasteiger partial charge in [-0.3, -0.25) is 0 Å². The van der Waals surface area contributed by atoms with E-state index in [4.69, 9.17) is 14.0 Å². The van der Waals surface area contributed by atoms with Gasteiger partial charge in [-0.15, -0.1) is 11.8 Å². The number of aromatic nitrogens is 1. The van der Waals surface area contributed by atoms with Crippen molar-refractivity contribution in [2.24, 2.45) is 0 Å². The summed E-state index contributed by atoms with van der Waals surface area (Å²) in [4.78, 5) is 13.4. The molecule has 3 rings (SSSR count). The number of ether oxygens (including phenoxy) is 2. The normalized spacial score (nSPS) is 10.7. The molecule has 2 aromatic carbocycles. The Morgan fingerprint density at radius 1 is 1.22 bits per heavy atom. The summed E-state index contributed by atoms with van der Waals surface area (Å²) in [5.41, 5.74) is 2.28. The number of rotatable bonds is 6. The standard InChI is InChI=1S/C20H18FNO4S/c1-12-17(22-26-19(12)13-4-6-14(21)7-5-13)11-25-20(23)16-9-8-15(27-3)10-18(16)24-2/h4-10H,11H2,1-3H3. The molecular formula is C20H18FNO4S. The lowest BCUT2D eigenvalue weighted by molar-refractivity contribution is 0.0460. The van der Waals surface area contributed by atoms with Gasteiger partial charge in [-0.1, -0.05) is 5.16 Å². The van der Waals surface area contributed by atoms with E-state index in [0.717, 1.165) is 10.5 Å². The molecule has 0 bridgehead atoms. The first-order valence-corrected chi connectivity index (χ1v) is 9.36. The first-order chi connectivity index (χ1) is 13.0. The Balaban J connectivity index is 1.74. The Bertz CT molecular complexity index is 953. The molecule has 7 heteroatoms. The number of methoxy groups -OCH3 is 1. The van der Waals surface area contributed by atoms with Crippen LogP contribution in [-0.2, 0) is 11.3 Å². The third kappa shape index (κ3) is 4.14. The molecule has 0 fully saturated rings. The molecule has 0 N–H and O–H groups in total. The average molecular weight is 387 g/mol. The van der Waals surface area contributed by atoms with Crippen molar-refractivity contribution >= 4 is 17.7 Å². The topological polar surface area (TPSA) is 61.6 Å². The molecule has 0 aliphatic heterocycles. The minimum absolute atomic E-state index is 0.0389. The summed E-state index contributed by atoms with van der Waals surface area (Å²) in [5.74, 6) is 0.135. The predicted octanol–water partition coefficient (Wildman–Crippen LogP) is 4.88. The molecule has 0 unspecified atom stereocenters. The fourth-order valence-corrected chi connectivity index (χ4v) is 2.98. The number of carbonyl (C=O) groups is 1. The molecule has 0 amide bonds. The number of esters is 1. The molecule has 0 aliphatic carbocycles. The van der Waals surface area contributed by atoms with E-state index in [-0.39, 0.29) is 12.4 Å². The van der Waals surface area contributed by atoms with Gasteiger partial charge in [-0.05, 0) is 55.6 Å². The van der Waals surface area contributed by atoms with E-state index < -0.39 is 5.97 Å². The number of halogens is 1. The first-order valence-electron chi connectivity index (χ1n) is 8.13. The average Bonchev–Trinajstić information content (AvgIpc) is 3.06. The Hall–Kier alpha value is -2.80. The minimum atomic E-state index is -0.509. The highest BCUT2D eigenvalue weighted by molar-refractivity contribution is 7.98. The number of benzene rings is 2. The maximum Gasteiger partial charge on any atom is 0.342 e. The van der Waals surface area contributed by atoms with E-state index in [9.17, 15) is 9.18 Å². The second kappa shape index (κ2) is 8.26. The molecule has 0 saturated carbocycles. The molecule has 3 aromatic rings. The minimum Gasteiger partial charge on any atom is -0.496 e. The summed E-state index contributed by atoms with van der Waals surface area (Å²) in [7, 11) is 1.51. The van der Waals surface area contributed by atoms with Crippen molar-refractivity contribution in [3.63, 3.8) is 0 Å². The highest BCUT2D eigenvalue weighted by Gasteiger charge is 2.18. The van der Waals surface area contributed by atoms with Gasteiger partial charge in [0.05, 0.1) is 7.11 Å². The van der Waals surface area contributed by atoms with E-state index in [1.165, 1.54) is 19.2 Å². The molecule has 1 aromatic heterocycles. The highest BCUT2D eigenvalue weighted by Crippen LogP contribution is 2.28. The van der Waals surface area contributed by atoms with Crippen LogP contribution in [0, 0.1) is 12.7 Å². The summed E-state index contributed by atoms with van der Waals surface area (Å²) in [6, 6.07) is 11.2. The largest absolute Gasteiger partial charge is 0.496 e. The van der Waals surface area contributed by atoms with Gasteiger partial charge in [-0.25, -0.2) is 9.18 Å². The summed E-state index contributed by atoms with van der Waals surface area (Å²) in [6.45, 7) is 1.77. The second-order valence-electron chi connectivity index (χ2n) is 5.73. The van der Waals surface area contributed by atoms with Crippen molar-refractivity contribution in [3.05, 3.63) is 65.1 Å². The molecule has 1 heterocycles. The third-order valence-electron chi connectivity index (χ3n) is 4.10. The summed E-state index contributed by atoms with van der Waals surface area (Å²) < 4.78 is 29.1. The van der Waals surface area contributed by atoms with Crippen LogP contribution in [0.3, 0.4) is 0 Å². The lowest BCUT2D eigenvalue weighted by atomic mass is 10.1. The molecule has 140 valence electrons. The summed E-state index contributed by atoms with van der Waals surface area (Å²) in [6.07, 6.45) is 1.94. The number of carbonyl (C=O) groups excluding carboxylic acids is 1. The summed E-state index contributed by atoms with van der Waals surface area (Å²) >= 11 is 1.55. The fraction of sp³-hybridized carbons (Fsp3) is 0.200. The van der Waals surface area contributed by atoms with Crippen molar-refractivity contribution in [1.29, 1.82) is 0 Å². The van der Waals surface area contributed by atoms with Gasteiger partial charge in [0, 0.05) is 16.0 Å². The van der Waals surface area contributed by atoms with Crippen molar-refractivity contribution < 1.29 is 23.2 Å². The number of hydrogen-bond acceptors (Lipinski definition) is 6. The van der Waals surface area contributed by atoms with Gasteiger partial charge in [0.25, 0.3) is 0 Å². The van der Waals surface area contributed by atoms with Crippen LogP contribution in [0.1, 0.15) is 21.6 Å². The second-order valence-corrected chi connectivity index (χ2v) is 6.61. The summed E-state index contributed by atoms with van der Waals surface area (Å²) in [5, 5.41) is 3.97. The van der Waals surface area contributed by atoms with Crippen LogP contribution < -0.4 is 4.74 Å². The molecule has 0 aliphatic rings. The number of thioether (sulfide) groups is 1. The molecule has 0 saturated heterocycles. The van der Waals surface area contributed by atoms with Crippen LogP contribution in [0.2, 0.25) is 0 Å². The van der Waals surface area contributed by atoms with Gasteiger partial charge >= 0.3 is 5.97 Å². The van der Waals surface area contributed by atoms with E-state index in [1.54, 1.807) is 36.0 Å². The van der Waals surface area contributed by atoms with Crippen LogP contribution in [0.25, 0.3) is 11.3 Å². The van der Waals surface area contributed by atoms with Crippen molar-refractivity contribution in [2.75, 3.05) is 13.4 Å². The molecular weight excluding hydrogens is 369 g/mol. The zero-order valence-corrected chi connectivity index (χ0v) is 15.9. The van der Waals surface area contributed by atoms with Gasteiger partial charge in [0.15, 0.2) is 5.76 Å². The van der Waals surface area contributed by atoms with Crippen molar-refractivity contribution in [2.45, 2.75) is 18.4 Å². The van der Waals surface area contributed by atoms with E-state index in [0.29, 0.717) is 28.3 Å². The smallest absolute Gasteiger partial charge is 0.342 e. The van der Waals surface area contributed by atoms with Crippen molar-refractivity contribution in [3.8, 4) is 17.1 Å². The Morgan fingerprint density at radius 3 is 2.63 bits per heavy atom. The zero-order valence-electron chi connectivity index (χ0n) is 15.1. The van der Waals surface area contributed by atoms with Crippen LogP contribution in [0.4, 0.5) is 4.39 Å². The van der Waals surface area contributed by atoms with E-state index >= 15 is 0 Å². The third-order valence-corrected chi connectivity index (χ3v) is 4.82. The number of nitrogens with zero attached hydrogens (tertiary/aromatic N) is 1. The highest BCUT2D eigenvalue weighted by atomic mass is 32.2. The van der Waals surface area contributed by atoms with Crippen LogP contribution in [0.15, 0.2) is 51.9 Å². The lowest BCUT2D eigenvalue weighted by Gasteiger charge is -2.09. The van der Waals surface area contributed by atoms with Crippen LogP contribution >= 0.6 is 11.8 Å². The van der Waals surface area contributed by atoms with Gasteiger partial charge in [-0.2, -0.15) is 0 Å². The van der Waals surface area contributed by atoms with Crippen LogP contribution in [-0.4, -0.2) is 24.5 Å². The first kappa shape index (κ1) is 19.0. The monoisotopic (exact) mass is 387 g/mol. The molecule has 5 nitrogen and oxygen atoms in total. The maximum absolute atomic E-state index is 13.1. The maximum atomic E-state index is 13.1. The number of hydrogen-bond donors (Lipinski definition) is 0. The molecule has 0 atom stereocenters. The quantitative estimate of drug-likeness (QED) is 0.444. The van der Waals surface area contributed by atoms with Gasteiger partial charge in [0.2, 0.25) is 0 Å². The van der Waals surface area contributed by atoms with E-state index in [1.807, 2.05) is 19.2 Å². The van der Waals surface area contributed by atoms with E-state index in [2.05, 4.69) is 5.16 Å². The SMILES string of the molecule is COc1cc(SC)ccc1C(=O)OCc1noc(-c2ccc(F)cc2)c1C. The Labute approximate surface area is 160 Å². The Morgan fingerprint density at radius 2 is 1.96 bits per heavy atom. The zero-order chi connectivity index (χ0) is 19.4. The molecule has 0 radical (unpaired) electrons.